The number of H-pyrrole nitrogens is 1. The van der Waals surface area contributed by atoms with Crippen molar-refractivity contribution in [1.82, 2.24) is 15.5 Å². The van der Waals surface area contributed by atoms with Crippen molar-refractivity contribution in [3.8, 4) is 5.75 Å². The van der Waals surface area contributed by atoms with Crippen molar-refractivity contribution in [1.29, 1.82) is 0 Å². The van der Waals surface area contributed by atoms with E-state index >= 15 is 0 Å². The summed E-state index contributed by atoms with van der Waals surface area (Å²) in [7, 11) is 1.64. The minimum Gasteiger partial charge on any atom is -0.496 e. The van der Waals surface area contributed by atoms with E-state index in [1.807, 2.05) is 19.9 Å². The number of aromatic amines is 1. The van der Waals surface area contributed by atoms with Crippen molar-refractivity contribution in [3.63, 3.8) is 0 Å². The van der Waals surface area contributed by atoms with Crippen LogP contribution in [0.1, 0.15) is 27.2 Å². The third kappa shape index (κ3) is 3.72. The van der Waals surface area contributed by atoms with Gasteiger partial charge in [0.05, 0.1) is 7.11 Å². The van der Waals surface area contributed by atoms with E-state index < -0.39 is 0 Å². The van der Waals surface area contributed by atoms with Crippen LogP contribution in [0.4, 0.5) is 0 Å². The molecule has 2 aromatic rings. The molecule has 0 atom stereocenters. The first-order valence-electron chi connectivity index (χ1n) is 6.99. The maximum absolute atomic E-state index is 11.9. The first-order chi connectivity index (χ1) is 10.5. The van der Waals surface area contributed by atoms with Crippen molar-refractivity contribution in [2.75, 3.05) is 13.7 Å². The van der Waals surface area contributed by atoms with Crippen molar-refractivity contribution < 1.29 is 9.53 Å². The molecule has 0 unspecified atom stereocenters. The highest BCUT2D eigenvalue weighted by molar-refractivity contribution is 5.91. The van der Waals surface area contributed by atoms with Gasteiger partial charge in [0.1, 0.15) is 11.4 Å². The Kier molecular flexibility index (Phi) is 4.93. The Morgan fingerprint density at radius 3 is 2.73 bits per heavy atom. The van der Waals surface area contributed by atoms with Gasteiger partial charge in [0.15, 0.2) is 0 Å². The molecule has 0 bridgehead atoms. The monoisotopic (exact) mass is 301 g/mol. The number of hydrogen-bond acceptors (Lipinski definition) is 4. The molecule has 2 N–H and O–H groups in total. The smallest absolute Gasteiger partial charge is 0.271 e. The Bertz CT molecular complexity index is 717. The van der Waals surface area contributed by atoms with Crippen molar-refractivity contribution >= 4 is 5.91 Å². The van der Waals surface area contributed by atoms with Gasteiger partial charge in [-0.1, -0.05) is 6.07 Å². The molecule has 0 radical (unpaired) electrons. The highest BCUT2D eigenvalue weighted by Crippen LogP contribution is 2.24. The zero-order valence-corrected chi connectivity index (χ0v) is 12.9. The van der Waals surface area contributed by atoms with Crippen molar-refractivity contribution in [2.24, 2.45) is 0 Å². The molecule has 0 saturated heterocycles. The SMILES string of the molecule is COc1cc(C)cc(C)c1CCNC(=O)c1ccc(=O)[nH]n1. The molecule has 0 saturated carbocycles. The molecule has 2 rings (SSSR count). The van der Waals surface area contributed by atoms with Gasteiger partial charge in [0.2, 0.25) is 0 Å². The lowest BCUT2D eigenvalue weighted by molar-refractivity contribution is 0.0948. The van der Waals surface area contributed by atoms with Gasteiger partial charge < -0.3 is 10.1 Å². The lowest BCUT2D eigenvalue weighted by Crippen LogP contribution is -2.27. The summed E-state index contributed by atoms with van der Waals surface area (Å²) >= 11 is 0. The second-order valence-electron chi connectivity index (χ2n) is 5.07. The van der Waals surface area contributed by atoms with Crippen LogP contribution >= 0.6 is 0 Å². The number of benzene rings is 1. The van der Waals surface area contributed by atoms with Gasteiger partial charge in [-0.3, -0.25) is 9.59 Å². The fourth-order valence-electron chi connectivity index (χ4n) is 2.32. The lowest BCUT2D eigenvalue weighted by atomic mass is 10.0. The Morgan fingerprint density at radius 1 is 1.32 bits per heavy atom. The first-order valence-corrected chi connectivity index (χ1v) is 6.99. The number of amides is 1. The summed E-state index contributed by atoms with van der Waals surface area (Å²) in [6.07, 6.45) is 0.657. The summed E-state index contributed by atoms with van der Waals surface area (Å²) in [6.45, 7) is 4.50. The number of nitrogens with zero attached hydrogens (tertiary/aromatic N) is 1. The average molecular weight is 301 g/mol. The summed E-state index contributed by atoms with van der Waals surface area (Å²) in [4.78, 5) is 22.8. The molecule has 1 aromatic carbocycles. The van der Waals surface area contributed by atoms with E-state index in [-0.39, 0.29) is 17.2 Å². The van der Waals surface area contributed by atoms with Gasteiger partial charge in [-0.2, -0.15) is 5.10 Å². The van der Waals surface area contributed by atoms with Gasteiger partial charge in [-0.15, -0.1) is 0 Å². The molecule has 0 aliphatic rings. The van der Waals surface area contributed by atoms with Gasteiger partial charge in [-0.25, -0.2) is 5.10 Å². The number of carbonyl (C=O) groups excluding carboxylic acids is 1. The van der Waals surface area contributed by atoms with Gasteiger partial charge in [0, 0.05) is 12.6 Å². The van der Waals surface area contributed by atoms with Crippen LogP contribution in [0.25, 0.3) is 0 Å². The zero-order chi connectivity index (χ0) is 16.1. The van der Waals surface area contributed by atoms with Gasteiger partial charge >= 0.3 is 0 Å². The zero-order valence-electron chi connectivity index (χ0n) is 12.9. The molecule has 0 aliphatic carbocycles. The number of nitrogens with one attached hydrogen (secondary N) is 2. The molecular formula is C16H19N3O3. The molecule has 0 fully saturated rings. The average Bonchev–Trinajstić information content (AvgIpc) is 2.49. The highest BCUT2D eigenvalue weighted by atomic mass is 16.5. The maximum atomic E-state index is 11.9. The summed E-state index contributed by atoms with van der Waals surface area (Å²) in [5.41, 5.74) is 3.19. The number of rotatable bonds is 5. The molecule has 0 aliphatic heterocycles. The number of aromatic nitrogens is 2. The quantitative estimate of drug-likeness (QED) is 0.873. The Hall–Kier alpha value is -2.63. The summed E-state index contributed by atoms with van der Waals surface area (Å²) in [5.74, 6) is 0.508. The molecule has 116 valence electrons. The van der Waals surface area contributed by atoms with Crippen LogP contribution in [0.5, 0.6) is 5.75 Å². The van der Waals surface area contributed by atoms with Crippen molar-refractivity contribution in [3.05, 3.63) is 57.0 Å². The van der Waals surface area contributed by atoms with Gasteiger partial charge in [-0.05, 0) is 49.1 Å². The lowest BCUT2D eigenvalue weighted by Gasteiger charge is -2.13. The fourth-order valence-corrected chi connectivity index (χ4v) is 2.32. The second-order valence-corrected chi connectivity index (χ2v) is 5.07. The summed E-state index contributed by atoms with van der Waals surface area (Å²) < 4.78 is 5.40. The standard InChI is InChI=1S/C16H19N3O3/c1-10-8-11(2)12(14(9-10)22-3)6-7-17-16(21)13-4-5-15(20)19-18-13/h4-5,8-9H,6-7H2,1-3H3,(H,17,21)(H,19,20). The van der Waals surface area contributed by atoms with E-state index in [1.54, 1.807) is 7.11 Å². The van der Waals surface area contributed by atoms with Crippen LogP contribution in [0.3, 0.4) is 0 Å². The highest BCUT2D eigenvalue weighted by Gasteiger charge is 2.10. The molecular weight excluding hydrogens is 282 g/mol. The third-order valence-corrected chi connectivity index (χ3v) is 3.37. The molecule has 6 heteroatoms. The Morgan fingerprint density at radius 2 is 2.09 bits per heavy atom. The fraction of sp³-hybridized carbons (Fsp3) is 0.312. The minimum atomic E-state index is -0.337. The molecule has 1 amide bonds. The minimum absolute atomic E-state index is 0.187. The number of carbonyl (C=O) groups is 1. The normalized spacial score (nSPS) is 10.3. The van der Waals surface area contributed by atoms with Crippen molar-refractivity contribution in [2.45, 2.75) is 20.3 Å². The van der Waals surface area contributed by atoms with Crippen LogP contribution < -0.4 is 15.6 Å². The van der Waals surface area contributed by atoms with E-state index in [0.717, 1.165) is 22.4 Å². The number of methoxy groups -OCH3 is 1. The number of hydrogen-bond donors (Lipinski definition) is 2. The number of ether oxygens (including phenoxy) is 1. The van der Waals surface area contributed by atoms with Crippen LogP contribution in [0.2, 0.25) is 0 Å². The second kappa shape index (κ2) is 6.89. The topological polar surface area (TPSA) is 84.1 Å². The molecule has 1 heterocycles. The predicted octanol–water partition coefficient (Wildman–Crippen LogP) is 1.37. The van der Waals surface area contributed by atoms with Crippen LogP contribution in [0, 0.1) is 13.8 Å². The Balaban J connectivity index is 2.01. The van der Waals surface area contributed by atoms with Crippen LogP contribution in [0.15, 0.2) is 29.1 Å². The molecule has 6 nitrogen and oxygen atoms in total. The largest absolute Gasteiger partial charge is 0.496 e. The maximum Gasteiger partial charge on any atom is 0.271 e. The summed E-state index contributed by atoms with van der Waals surface area (Å²) in [6, 6.07) is 6.73. The molecule has 22 heavy (non-hydrogen) atoms. The van der Waals surface area contributed by atoms with Crippen LogP contribution in [-0.4, -0.2) is 29.8 Å². The van der Waals surface area contributed by atoms with E-state index in [9.17, 15) is 9.59 Å². The first kappa shape index (κ1) is 15.8. The van der Waals surface area contributed by atoms with E-state index in [1.165, 1.54) is 12.1 Å². The molecule has 1 aromatic heterocycles. The van der Waals surface area contributed by atoms with E-state index in [2.05, 4.69) is 21.6 Å². The van der Waals surface area contributed by atoms with Gasteiger partial charge in [0.25, 0.3) is 11.5 Å². The Labute approximate surface area is 128 Å². The number of aryl methyl sites for hydroxylation is 2. The summed E-state index contributed by atoms with van der Waals surface area (Å²) in [5, 5.41) is 8.71. The van der Waals surface area contributed by atoms with Crippen LogP contribution in [-0.2, 0) is 6.42 Å². The molecule has 0 spiro atoms. The van der Waals surface area contributed by atoms with E-state index in [4.69, 9.17) is 4.74 Å². The van der Waals surface area contributed by atoms with E-state index in [0.29, 0.717) is 13.0 Å². The predicted molar refractivity (Wildman–Crippen MR) is 83.4 cm³/mol. The third-order valence-electron chi connectivity index (χ3n) is 3.37.